The first-order chi connectivity index (χ1) is 8.77. The topological polar surface area (TPSA) is 35.5 Å². The lowest BCUT2D eigenvalue weighted by Crippen LogP contribution is -1.97. The lowest BCUT2D eigenvalue weighted by molar-refractivity contribution is 0.104. The number of carbonyl (C=O) groups is 1. The summed E-state index contributed by atoms with van der Waals surface area (Å²) in [6.07, 6.45) is 0. The molecule has 0 amide bonds. The van der Waals surface area contributed by atoms with E-state index in [1.807, 2.05) is 24.3 Å². The third-order valence-electron chi connectivity index (χ3n) is 3.23. The van der Waals surface area contributed by atoms with Crippen molar-refractivity contribution in [3.05, 3.63) is 47.5 Å². The van der Waals surface area contributed by atoms with E-state index in [0.29, 0.717) is 17.1 Å². The minimum absolute atomic E-state index is 0.0431. The van der Waals surface area contributed by atoms with E-state index in [9.17, 15) is 4.79 Å². The molecule has 90 valence electrons. The number of hydrogen-bond donors (Lipinski definition) is 0. The second kappa shape index (κ2) is 3.88. The quantitative estimate of drug-likeness (QED) is 0.691. The Hall–Kier alpha value is -2.29. The van der Waals surface area contributed by atoms with Crippen molar-refractivity contribution in [2.75, 3.05) is 14.2 Å². The second-order valence-electron chi connectivity index (χ2n) is 4.10. The van der Waals surface area contributed by atoms with E-state index in [-0.39, 0.29) is 5.78 Å². The third kappa shape index (κ3) is 1.27. The largest absolute Gasteiger partial charge is 0.493 e. The minimum Gasteiger partial charge on any atom is -0.493 e. The van der Waals surface area contributed by atoms with Gasteiger partial charge < -0.3 is 9.47 Å². The summed E-state index contributed by atoms with van der Waals surface area (Å²) in [6, 6.07) is 11.1. The maximum Gasteiger partial charge on any atom is 0.194 e. The van der Waals surface area contributed by atoms with Crippen LogP contribution in [0.4, 0.5) is 0 Å². The van der Waals surface area contributed by atoms with Crippen molar-refractivity contribution in [1.29, 1.82) is 0 Å². The lowest BCUT2D eigenvalue weighted by Gasteiger charge is -2.12. The van der Waals surface area contributed by atoms with Crippen LogP contribution in [0.5, 0.6) is 11.5 Å². The van der Waals surface area contributed by atoms with Gasteiger partial charge in [-0.3, -0.25) is 4.79 Å². The van der Waals surface area contributed by atoms with Crippen LogP contribution in [0.25, 0.3) is 11.1 Å². The fourth-order valence-electron chi connectivity index (χ4n) is 2.43. The Morgan fingerprint density at radius 2 is 1.56 bits per heavy atom. The average Bonchev–Trinajstić information content (AvgIpc) is 2.72. The summed E-state index contributed by atoms with van der Waals surface area (Å²) in [4.78, 5) is 12.3. The van der Waals surface area contributed by atoms with Gasteiger partial charge in [-0.25, -0.2) is 0 Å². The van der Waals surface area contributed by atoms with Gasteiger partial charge in [0.25, 0.3) is 0 Å². The molecule has 3 nitrogen and oxygen atoms in total. The van der Waals surface area contributed by atoms with Crippen LogP contribution in [0.15, 0.2) is 36.4 Å². The van der Waals surface area contributed by atoms with E-state index in [4.69, 9.17) is 9.47 Å². The number of hydrogen-bond acceptors (Lipinski definition) is 3. The van der Waals surface area contributed by atoms with Crippen molar-refractivity contribution >= 4 is 5.78 Å². The fourth-order valence-corrected chi connectivity index (χ4v) is 2.43. The molecule has 2 aromatic rings. The Labute approximate surface area is 105 Å². The Kier molecular flexibility index (Phi) is 2.33. The van der Waals surface area contributed by atoms with Gasteiger partial charge in [0.1, 0.15) is 0 Å². The highest BCUT2D eigenvalue weighted by molar-refractivity contribution is 6.22. The summed E-state index contributed by atoms with van der Waals surface area (Å²) in [6.45, 7) is 0. The standard InChI is InChI=1S/C15H12O3/c1-17-12-8-7-11-13(15(12)18-2)9-5-3-4-6-10(9)14(11)16/h3-8H,1-2H3. The number of ketones is 1. The maximum absolute atomic E-state index is 12.3. The molecular formula is C15H12O3. The van der Waals surface area contributed by atoms with Gasteiger partial charge in [-0.1, -0.05) is 24.3 Å². The van der Waals surface area contributed by atoms with Crippen molar-refractivity contribution in [1.82, 2.24) is 0 Å². The van der Waals surface area contributed by atoms with Crippen molar-refractivity contribution in [2.45, 2.75) is 0 Å². The summed E-state index contributed by atoms with van der Waals surface area (Å²) < 4.78 is 10.7. The van der Waals surface area contributed by atoms with Gasteiger partial charge in [-0.05, 0) is 17.7 Å². The number of methoxy groups -OCH3 is 2. The molecule has 1 aliphatic rings. The van der Waals surface area contributed by atoms with Gasteiger partial charge in [0.2, 0.25) is 0 Å². The molecular weight excluding hydrogens is 228 g/mol. The van der Waals surface area contributed by atoms with Crippen molar-refractivity contribution in [3.8, 4) is 22.6 Å². The third-order valence-corrected chi connectivity index (χ3v) is 3.23. The monoisotopic (exact) mass is 240 g/mol. The smallest absolute Gasteiger partial charge is 0.194 e. The average molecular weight is 240 g/mol. The molecule has 3 rings (SSSR count). The number of ether oxygens (including phenoxy) is 2. The molecule has 0 fully saturated rings. The molecule has 0 unspecified atom stereocenters. The van der Waals surface area contributed by atoms with Gasteiger partial charge in [0.15, 0.2) is 17.3 Å². The normalized spacial score (nSPS) is 12.0. The predicted octanol–water partition coefficient (Wildman–Crippen LogP) is 2.92. The van der Waals surface area contributed by atoms with Gasteiger partial charge in [0.05, 0.1) is 14.2 Å². The van der Waals surface area contributed by atoms with Gasteiger partial charge >= 0.3 is 0 Å². The SMILES string of the molecule is COc1ccc2c(c1OC)-c1ccccc1C2=O. The summed E-state index contributed by atoms with van der Waals surface area (Å²) >= 11 is 0. The molecule has 0 saturated carbocycles. The summed E-state index contributed by atoms with van der Waals surface area (Å²) in [5, 5.41) is 0. The lowest BCUT2D eigenvalue weighted by atomic mass is 10.0. The second-order valence-corrected chi connectivity index (χ2v) is 4.10. The highest BCUT2D eigenvalue weighted by Gasteiger charge is 2.30. The van der Waals surface area contributed by atoms with E-state index in [1.165, 1.54) is 0 Å². The van der Waals surface area contributed by atoms with E-state index in [1.54, 1.807) is 26.4 Å². The molecule has 0 aromatic heterocycles. The number of benzene rings is 2. The summed E-state index contributed by atoms with van der Waals surface area (Å²) in [7, 11) is 3.18. The Morgan fingerprint density at radius 3 is 2.22 bits per heavy atom. The molecule has 1 aliphatic carbocycles. The minimum atomic E-state index is 0.0431. The highest BCUT2D eigenvalue weighted by atomic mass is 16.5. The Bertz CT molecular complexity index is 644. The first kappa shape index (κ1) is 10.8. The number of rotatable bonds is 2. The molecule has 0 bridgehead atoms. The molecule has 0 spiro atoms. The van der Waals surface area contributed by atoms with Crippen LogP contribution in [0.2, 0.25) is 0 Å². The van der Waals surface area contributed by atoms with E-state index >= 15 is 0 Å². The van der Waals surface area contributed by atoms with Crippen LogP contribution < -0.4 is 9.47 Å². The van der Waals surface area contributed by atoms with Crippen molar-refractivity contribution < 1.29 is 14.3 Å². The molecule has 0 N–H and O–H groups in total. The van der Waals surface area contributed by atoms with Gasteiger partial charge in [0, 0.05) is 16.7 Å². The summed E-state index contributed by atoms with van der Waals surface area (Å²) in [5.41, 5.74) is 3.14. The zero-order valence-electron chi connectivity index (χ0n) is 10.2. The van der Waals surface area contributed by atoms with Crippen molar-refractivity contribution in [3.63, 3.8) is 0 Å². The zero-order valence-corrected chi connectivity index (χ0v) is 10.2. The van der Waals surface area contributed by atoms with Crippen LogP contribution in [-0.4, -0.2) is 20.0 Å². The molecule has 0 heterocycles. The van der Waals surface area contributed by atoms with Crippen LogP contribution in [0, 0.1) is 0 Å². The van der Waals surface area contributed by atoms with Crippen LogP contribution in [0.1, 0.15) is 15.9 Å². The fraction of sp³-hybridized carbons (Fsp3) is 0.133. The molecule has 2 aromatic carbocycles. The molecule has 0 saturated heterocycles. The predicted molar refractivity (Wildman–Crippen MR) is 68.4 cm³/mol. The van der Waals surface area contributed by atoms with Crippen LogP contribution >= 0.6 is 0 Å². The Balaban J connectivity index is 2.38. The van der Waals surface area contributed by atoms with Gasteiger partial charge in [-0.2, -0.15) is 0 Å². The van der Waals surface area contributed by atoms with Crippen LogP contribution in [0.3, 0.4) is 0 Å². The highest BCUT2D eigenvalue weighted by Crippen LogP contribution is 2.46. The molecule has 3 heteroatoms. The summed E-state index contributed by atoms with van der Waals surface area (Å²) in [5.74, 6) is 1.30. The maximum atomic E-state index is 12.3. The first-order valence-corrected chi connectivity index (χ1v) is 5.67. The molecule has 0 atom stereocenters. The van der Waals surface area contributed by atoms with E-state index in [2.05, 4.69) is 0 Å². The van der Waals surface area contributed by atoms with Crippen molar-refractivity contribution in [2.24, 2.45) is 0 Å². The Morgan fingerprint density at radius 1 is 0.833 bits per heavy atom. The zero-order chi connectivity index (χ0) is 12.7. The van der Waals surface area contributed by atoms with Crippen LogP contribution in [-0.2, 0) is 0 Å². The van der Waals surface area contributed by atoms with E-state index in [0.717, 1.165) is 16.7 Å². The first-order valence-electron chi connectivity index (χ1n) is 5.67. The number of carbonyl (C=O) groups excluding carboxylic acids is 1. The molecule has 0 aliphatic heterocycles. The number of fused-ring (bicyclic) bond motifs is 3. The van der Waals surface area contributed by atoms with E-state index < -0.39 is 0 Å². The van der Waals surface area contributed by atoms with Gasteiger partial charge in [-0.15, -0.1) is 0 Å². The molecule has 0 radical (unpaired) electrons. The molecule has 18 heavy (non-hydrogen) atoms.